The van der Waals surface area contributed by atoms with Crippen LogP contribution in [0.1, 0.15) is 59.7 Å². The van der Waals surface area contributed by atoms with Crippen molar-refractivity contribution in [3.05, 3.63) is 82.2 Å². The lowest BCUT2D eigenvalue weighted by molar-refractivity contribution is 0.256. The van der Waals surface area contributed by atoms with E-state index in [1.165, 1.54) is 23.0 Å². The Balaban J connectivity index is 1.50. The molecule has 0 saturated carbocycles. The van der Waals surface area contributed by atoms with Crippen molar-refractivity contribution in [2.24, 2.45) is 5.92 Å². The van der Waals surface area contributed by atoms with Crippen LogP contribution in [0.15, 0.2) is 49.1 Å². The van der Waals surface area contributed by atoms with Crippen LogP contribution < -0.4 is 0 Å². The molecule has 1 fully saturated rings. The number of hydrogen-bond acceptors (Lipinski definition) is 4. The number of aromatic amines is 1. The van der Waals surface area contributed by atoms with Gasteiger partial charge in [0.1, 0.15) is 0 Å². The number of benzene rings is 1. The molecule has 34 heavy (non-hydrogen) atoms. The van der Waals surface area contributed by atoms with Gasteiger partial charge in [-0.05, 0) is 78.5 Å². The van der Waals surface area contributed by atoms with E-state index in [4.69, 9.17) is 16.6 Å². The summed E-state index contributed by atoms with van der Waals surface area (Å²) in [7, 11) is -3.17. The number of imidazole rings is 1. The molecule has 1 saturated heterocycles. The molecule has 5 rings (SSSR count). The molecule has 2 aliphatic rings. The third kappa shape index (κ3) is 4.83. The number of sulfonamides is 1. The summed E-state index contributed by atoms with van der Waals surface area (Å²) in [6, 6.07) is 10.3. The van der Waals surface area contributed by atoms with Crippen molar-refractivity contribution in [3.8, 4) is 0 Å². The average molecular weight is 497 g/mol. The zero-order valence-electron chi connectivity index (χ0n) is 19.2. The Labute approximate surface area is 206 Å². The molecule has 3 heterocycles. The highest BCUT2D eigenvalue weighted by atomic mass is 35.5. The Bertz CT molecular complexity index is 1300. The van der Waals surface area contributed by atoms with Gasteiger partial charge in [0, 0.05) is 42.1 Å². The van der Waals surface area contributed by atoms with Crippen LogP contribution in [-0.4, -0.2) is 47.0 Å². The van der Waals surface area contributed by atoms with E-state index in [1.54, 1.807) is 10.6 Å². The maximum Gasteiger partial charge on any atom is 0.211 e. The van der Waals surface area contributed by atoms with Crippen molar-refractivity contribution < 1.29 is 8.42 Å². The summed E-state index contributed by atoms with van der Waals surface area (Å²) >= 11 is 6.43. The molecule has 8 heteroatoms. The highest BCUT2D eigenvalue weighted by Crippen LogP contribution is 2.45. The first kappa shape index (κ1) is 23.3. The Kier molecular flexibility index (Phi) is 6.60. The maximum absolute atomic E-state index is 12.1. The second-order valence-electron chi connectivity index (χ2n) is 9.29. The lowest BCUT2D eigenvalue weighted by atomic mass is 9.76. The van der Waals surface area contributed by atoms with Crippen molar-refractivity contribution in [3.63, 3.8) is 0 Å². The second kappa shape index (κ2) is 9.64. The van der Waals surface area contributed by atoms with Crippen molar-refractivity contribution in [2.75, 3.05) is 19.3 Å². The number of pyridine rings is 1. The molecule has 0 bridgehead atoms. The molecule has 0 radical (unpaired) electrons. The standard InChI is InChI=1S/C26H29ClN4O2S/c1-34(32,33)31-12-9-18(10-13-31)25-23-8-7-21(27)15-20(23)14-19(24-6-3-11-29-26(24)25)4-2-5-22-16-28-17-30-22/h3,6-8,11,14-18,25H,2,4-5,9-10,12-13H2,1H3,(H,28,30). The predicted molar refractivity (Wildman–Crippen MR) is 136 cm³/mol. The third-order valence-electron chi connectivity index (χ3n) is 7.08. The Morgan fingerprint density at radius 3 is 2.74 bits per heavy atom. The summed E-state index contributed by atoms with van der Waals surface area (Å²) in [4.78, 5) is 12.2. The monoisotopic (exact) mass is 496 g/mol. The first-order chi connectivity index (χ1) is 16.4. The molecule has 1 unspecified atom stereocenters. The van der Waals surface area contributed by atoms with Crippen LogP contribution >= 0.6 is 11.6 Å². The normalized spacial score (nSPS) is 19.2. The Morgan fingerprint density at radius 2 is 2.00 bits per heavy atom. The van der Waals surface area contributed by atoms with Crippen molar-refractivity contribution in [1.29, 1.82) is 0 Å². The van der Waals surface area contributed by atoms with E-state index in [1.807, 2.05) is 24.5 Å². The molecule has 1 atom stereocenters. The van der Waals surface area contributed by atoms with E-state index in [2.05, 4.69) is 34.2 Å². The van der Waals surface area contributed by atoms with Crippen LogP contribution in [0, 0.1) is 5.92 Å². The molecule has 0 amide bonds. The summed E-state index contributed by atoms with van der Waals surface area (Å²) < 4.78 is 25.7. The van der Waals surface area contributed by atoms with Gasteiger partial charge in [-0.2, -0.15) is 0 Å². The fourth-order valence-electron chi connectivity index (χ4n) is 5.42. The summed E-state index contributed by atoms with van der Waals surface area (Å²) in [6.45, 7) is 1.10. The summed E-state index contributed by atoms with van der Waals surface area (Å²) in [5.74, 6) is 0.413. The van der Waals surface area contributed by atoms with Gasteiger partial charge < -0.3 is 4.98 Å². The number of piperidine rings is 1. The second-order valence-corrected chi connectivity index (χ2v) is 11.7. The van der Waals surface area contributed by atoms with Gasteiger partial charge in [0.25, 0.3) is 0 Å². The van der Waals surface area contributed by atoms with Crippen molar-refractivity contribution in [1.82, 2.24) is 19.3 Å². The number of halogens is 1. The van der Waals surface area contributed by atoms with Gasteiger partial charge >= 0.3 is 0 Å². The number of H-pyrrole nitrogens is 1. The van der Waals surface area contributed by atoms with Gasteiger partial charge in [0.2, 0.25) is 10.0 Å². The zero-order chi connectivity index (χ0) is 23.7. The van der Waals surface area contributed by atoms with Crippen LogP contribution in [0.25, 0.3) is 11.6 Å². The molecule has 1 aliphatic heterocycles. The number of hydrogen-bond donors (Lipinski definition) is 1. The molecular weight excluding hydrogens is 468 g/mol. The molecule has 2 aromatic heterocycles. The van der Waals surface area contributed by atoms with Crippen LogP contribution in [0.3, 0.4) is 0 Å². The smallest absolute Gasteiger partial charge is 0.211 e. The fourth-order valence-corrected chi connectivity index (χ4v) is 6.47. The van der Waals surface area contributed by atoms with Gasteiger partial charge in [-0.15, -0.1) is 0 Å². The summed E-state index contributed by atoms with van der Waals surface area (Å²) in [5, 5.41) is 0.719. The number of nitrogens with zero attached hydrogens (tertiary/aromatic N) is 3. The van der Waals surface area contributed by atoms with E-state index in [0.29, 0.717) is 19.0 Å². The predicted octanol–water partition coefficient (Wildman–Crippen LogP) is 5.14. The largest absolute Gasteiger partial charge is 0.348 e. The van der Waals surface area contributed by atoms with Gasteiger partial charge in [-0.25, -0.2) is 17.7 Å². The van der Waals surface area contributed by atoms with Crippen molar-refractivity contribution in [2.45, 2.75) is 38.0 Å². The average Bonchev–Trinajstić information content (AvgIpc) is 3.29. The molecule has 1 N–H and O–H groups in total. The van der Waals surface area contributed by atoms with Crippen LogP contribution in [0.4, 0.5) is 0 Å². The van der Waals surface area contributed by atoms with Crippen LogP contribution in [-0.2, 0) is 16.4 Å². The Morgan fingerprint density at radius 1 is 1.18 bits per heavy atom. The van der Waals surface area contributed by atoms with Gasteiger partial charge in [-0.1, -0.05) is 29.8 Å². The van der Waals surface area contributed by atoms with E-state index in [-0.39, 0.29) is 5.92 Å². The fraction of sp³-hybridized carbons (Fsp3) is 0.385. The van der Waals surface area contributed by atoms with E-state index < -0.39 is 10.0 Å². The van der Waals surface area contributed by atoms with E-state index >= 15 is 0 Å². The first-order valence-electron chi connectivity index (χ1n) is 11.8. The molecule has 6 nitrogen and oxygen atoms in total. The molecule has 1 aliphatic carbocycles. The van der Waals surface area contributed by atoms with Gasteiger partial charge in [0.15, 0.2) is 0 Å². The van der Waals surface area contributed by atoms with Gasteiger partial charge in [-0.3, -0.25) is 4.98 Å². The van der Waals surface area contributed by atoms with Crippen molar-refractivity contribution >= 4 is 33.3 Å². The van der Waals surface area contributed by atoms with Gasteiger partial charge in [0.05, 0.1) is 18.3 Å². The SMILES string of the molecule is CS(=O)(=O)N1CCC(C2c3ccc(Cl)cc3C=C(CCCc3cnc[nH]3)c3cccnc32)CC1. The highest BCUT2D eigenvalue weighted by Gasteiger charge is 2.35. The maximum atomic E-state index is 12.1. The van der Waals surface area contributed by atoms with Crippen LogP contribution in [0.2, 0.25) is 5.02 Å². The highest BCUT2D eigenvalue weighted by molar-refractivity contribution is 7.88. The number of rotatable bonds is 6. The molecule has 178 valence electrons. The number of aryl methyl sites for hydroxylation is 1. The third-order valence-corrected chi connectivity index (χ3v) is 8.62. The minimum Gasteiger partial charge on any atom is -0.348 e. The summed E-state index contributed by atoms with van der Waals surface area (Å²) in [6.07, 6.45) is 13.5. The lowest BCUT2D eigenvalue weighted by Crippen LogP contribution is -2.39. The van der Waals surface area contributed by atoms with E-state index in [9.17, 15) is 8.42 Å². The molecule has 3 aromatic rings. The molecule has 0 spiro atoms. The Hall–Kier alpha value is -2.48. The van der Waals surface area contributed by atoms with Crippen LogP contribution in [0.5, 0.6) is 0 Å². The first-order valence-corrected chi connectivity index (χ1v) is 14.0. The number of allylic oxidation sites excluding steroid dienone is 1. The topological polar surface area (TPSA) is 79.0 Å². The number of nitrogens with one attached hydrogen (secondary N) is 1. The molecule has 1 aromatic carbocycles. The lowest BCUT2D eigenvalue weighted by Gasteiger charge is -2.35. The number of aromatic nitrogens is 3. The minimum atomic E-state index is -3.17. The zero-order valence-corrected chi connectivity index (χ0v) is 20.8. The minimum absolute atomic E-state index is 0.103. The quantitative estimate of drug-likeness (QED) is 0.512. The summed E-state index contributed by atoms with van der Waals surface area (Å²) in [5.41, 5.74) is 7.05. The number of fused-ring (bicyclic) bond motifs is 2. The van der Waals surface area contributed by atoms with E-state index in [0.717, 1.165) is 54.1 Å². The molecular formula is C26H29ClN4O2S.